The highest BCUT2D eigenvalue weighted by Crippen LogP contribution is 2.28. The van der Waals surface area contributed by atoms with Gasteiger partial charge in [0.1, 0.15) is 11.6 Å². The number of anilines is 1. The van der Waals surface area contributed by atoms with E-state index < -0.39 is 21.0 Å². The van der Waals surface area contributed by atoms with Crippen LogP contribution in [0.4, 0.5) is 10.2 Å². The molecular weight excluding hydrogens is 439 g/mol. The number of aromatic nitrogens is 3. The molecule has 0 atom stereocenters. The van der Waals surface area contributed by atoms with Crippen LogP contribution in [0.15, 0.2) is 53.4 Å². The van der Waals surface area contributed by atoms with E-state index in [1.54, 1.807) is 32.9 Å². The van der Waals surface area contributed by atoms with E-state index in [0.717, 1.165) is 0 Å². The van der Waals surface area contributed by atoms with Crippen molar-refractivity contribution in [2.24, 2.45) is 0 Å². The third-order valence-corrected chi connectivity index (χ3v) is 7.82. The van der Waals surface area contributed by atoms with Crippen molar-refractivity contribution < 1.29 is 17.6 Å². The van der Waals surface area contributed by atoms with Gasteiger partial charge in [-0.2, -0.15) is 9.78 Å². The Labute approximate surface area is 182 Å². The molecule has 1 amide bonds. The number of carbonyl (C=O) groups excluding carboxylic acids is 1. The van der Waals surface area contributed by atoms with E-state index in [4.69, 9.17) is 0 Å². The first-order valence-electron chi connectivity index (χ1n) is 9.43. The zero-order valence-electron chi connectivity index (χ0n) is 17.0. The Morgan fingerprint density at radius 3 is 2.52 bits per heavy atom. The maximum atomic E-state index is 13.5. The molecule has 0 unspecified atom stereocenters. The van der Waals surface area contributed by atoms with Gasteiger partial charge in [-0.05, 0) is 63.2 Å². The Hall–Kier alpha value is -3.11. The lowest BCUT2D eigenvalue weighted by Crippen LogP contribution is -2.16. The molecule has 0 saturated carbocycles. The highest BCUT2D eigenvalue weighted by atomic mass is 32.2. The SMILES string of the molecule is Cc1cc(NC(=O)c2ccc(S(=O)(=O)C(C)C)cc2)n(-c2nc3ccc(F)cc3s2)n1. The van der Waals surface area contributed by atoms with Crippen LogP contribution >= 0.6 is 11.3 Å². The summed E-state index contributed by atoms with van der Waals surface area (Å²) in [5, 5.41) is 7.11. The molecule has 10 heteroatoms. The second-order valence-corrected chi connectivity index (χ2v) is 10.8. The Morgan fingerprint density at radius 2 is 1.84 bits per heavy atom. The van der Waals surface area contributed by atoms with Crippen molar-refractivity contribution in [2.75, 3.05) is 5.32 Å². The Morgan fingerprint density at radius 1 is 1.13 bits per heavy atom. The fourth-order valence-corrected chi connectivity index (χ4v) is 4.98. The minimum absolute atomic E-state index is 0.168. The highest BCUT2D eigenvalue weighted by molar-refractivity contribution is 7.92. The van der Waals surface area contributed by atoms with Crippen molar-refractivity contribution in [3.8, 4) is 5.13 Å². The van der Waals surface area contributed by atoms with Crippen LogP contribution in [-0.2, 0) is 9.84 Å². The van der Waals surface area contributed by atoms with Crippen LogP contribution in [0.25, 0.3) is 15.3 Å². The monoisotopic (exact) mass is 458 g/mol. The zero-order valence-corrected chi connectivity index (χ0v) is 18.6. The number of halogens is 1. The fraction of sp³-hybridized carbons (Fsp3) is 0.190. The first kappa shape index (κ1) is 21.1. The number of carbonyl (C=O) groups is 1. The Kier molecular flexibility index (Phi) is 5.36. The van der Waals surface area contributed by atoms with E-state index in [2.05, 4.69) is 15.4 Å². The number of nitrogens with one attached hydrogen (secondary N) is 1. The van der Waals surface area contributed by atoms with E-state index in [1.165, 1.54) is 52.4 Å². The van der Waals surface area contributed by atoms with Gasteiger partial charge in [-0.25, -0.2) is 17.8 Å². The average Bonchev–Trinajstić information content (AvgIpc) is 3.30. The molecule has 4 aromatic rings. The number of benzene rings is 2. The minimum atomic E-state index is -3.41. The van der Waals surface area contributed by atoms with Crippen LogP contribution in [0.1, 0.15) is 29.9 Å². The van der Waals surface area contributed by atoms with Gasteiger partial charge in [-0.3, -0.25) is 4.79 Å². The lowest BCUT2D eigenvalue weighted by molar-refractivity contribution is 0.102. The molecule has 1 N–H and O–H groups in total. The summed E-state index contributed by atoms with van der Waals surface area (Å²) in [6.45, 7) is 5.00. The summed E-state index contributed by atoms with van der Waals surface area (Å²) in [4.78, 5) is 17.4. The van der Waals surface area contributed by atoms with Crippen molar-refractivity contribution in [3.05, 3.63) is 65.6 Å². The summed E-state index contributed by atoms with van der Waals surface area (Å²) in [6, 6.07) is 11.8. The van der Waals surface area contributed by atoms with Crippen molar-refractivity contribution >= 4 is 43.1 Å². The summed E-state index contributed by atoms with van der Waals surface area (Å²) in [6.07, 6.45) is 0. The third kappa shape index (κ3) is 4.08. The predicted molar refractivity (Wildman–Crippen MR) is 118 cm³/mol. The molecule has 0 radical (unpaired) electrons. The van der Waals surface area contributed by atoms with Crippen molar-refractivity contribution in [1.82, 2.24) is 14.8 Å². The molecule has 0 saturated heterocycles. The molecule has 0 fully saturated rings. The maximum absolute atomic E-state index is 13.5. The molecule has 0 aliphatic carbocycles. The van der Waals surface area contributed by atoms with Gasteiger partial charge in [0.25, 0.3) is 5.91 Å². The molecule has 2 heterocycles. The molecule has 31 heavy (non-hydrogen) atoms. The number of amides is 1. The van der Waals surface area contributed by atoms with Gasteiger partial charge in [0, 0.05) is 11.6 Å². The molecule has 0 bridgehead atoms. The van der Waals surface area contributed by atoms with Gasteiger partial charge >= 0.3 is 0 Å². The molecule has 160 valence electrons. The van der Waals surface area contributed by atoms with E-state index in [1.807, 2.05) is 0 Å². The number of nitrogens with zero attached hydrogens (tertiary/aromatic N) is 3. The zero-order chi connectivity index (χ0) is 22.3. The normalized spacial score (nSPS) is 11.9. The van der Waals surface area contributed by atoms with Gasteiger partial charge < -0.3 is 5.32 Å². The summed E-state index contributed by atoms with van der Waals surface area (Å²) in [5.74, 6) is -0.362. The summed E-state index contributed by atoms with van der Waals surface area (Å²) in [7, 11) is -3.41. The first-order valence-corrected chi connectivity index (χ1v) is 11.8. The summed E-state index contributed by atoms with van der Waals surface area (Å²) >= 11 is 1.25. The second-order valence-electron chi connectivity index (χ2n) is 7.26. The van der Waals surface area contributed by atoms with Crippen molar-refractivity contribution in [3.63, 3.8) is 0 Å². The number of sulfone groups is 1. The van der Waals surface area contributed by atoms with Crippen LogP contribution in [0.2, 0.25) is 0 Å². The van der Waals surface area contributed by atoms with Crippen LogP contribution in [0.3, 0.4) is 0 Å². The Bertz CT molecular complexity index is 1390. The minimum Gasteiger partial charge on any atom is -0.306 e. The number of thiazole rings is 1. The molecule has 0 aliphatic rings. The van der Waals surface area contributed by atoms with Gasteiger partial charge in [0.15, 0.2) is 9.84 Å². The van der Waals surface area contributed by atoms with Crippen LogP contribution in [-0.4, -0.2) is 34.3 Å². The fourth-order valence-electron chi connectivity index (χ4n) is 2.97. The highest BCUT2D eigenvalue weighted by Gasteiger charge is 2.20. The van der Waals surface area contributed by atoms with Gasteiger partial charge in [0.2, 0.25) is 5.13 Å². The standard InChI is InChI=1S/C21H19FN4O3S2/c1-12(2)31(28,29)16-7-4-14(5-8-16)20(27)24-19-10-13(3)25-26(19)21-23-17-9-6-15(22)11-18(17)30-21/h4-12H,1-3H3,(H,24,27). The van der Waals surface area contributed by atoms with Crippen molar-refractivity contribution in [2.45, 2.75) is 30.9 Å². The molecule has 0 aliphatic heterocycles. The number of aryl methyl sites for hydroxylation is 1. The van der Waals surface area contributed by atoms with Gasteiger partial charge in [-0.1, -0.05) is 11.3 Å². The van der Waals surface area contributed by atoms with Gasteiger partial charge in [-0.15, -0.1) is 0 Å². The molecule has 2 aromatic carbocycles. The number of hydrogen-bond acceptors (Lipinski definition) is 6. The molecule has 0 spiro atoms. The summed E-state index contributed by atoms with van der Waals surface area (Å²) < 4.78 is 40.2. The molecular formula is C21H19FN4O3S2. The molecule has 4 rings (SSSR count). The lowest BCUT2D eigenvalue weighted by Gasteiger charge is -2.09. The number of hydrogen-bond donors (Lipinski definition) is 1. The maximum Gasteiger partial charge on any atom is 0.256 e. The lowest BCUT2D eigenvalue weighted by atomic mass is 10.2. The van der Waals surface area contributed by atoms with Crippen LogP contribution < -0.4 is 5.32 Å². The van der Waals surface area contributed by atoms with E-state index >= 15 is 0 Å². The number of rotatable bonds is 5. The quantitative estimate of drug-likeness (QED) is 0.479. The van der Waals surface area contributed by atoms with E-state index in [9.17, 15) is 17.6 Å². The predicted octanol–water partition coefficient (Wildman–Crippen LogP) is 4.36. The third-order valence-electron chi connectivity index (χ3n) is 4.66. The number of fused-ring (bicyclic) bond motifs is 1. The average molecular weight is 459 g/mol. The topological polar surface area (TPSA) is 94.0 Å². The molecule has 2 aromatic heterocycles. The molecule has 7 nitrogen and oxygen atoms in total. The van der Waals surface area contributed by atoms with Crippen LogP contribution in [0, 0.1) is 12.7 Å². The van der Waals surface area contributed by atoms with Crippen LogP contribution in [0.5, 0.6) is 0 Å². The van der Waals surface area contributed by atoms with Gasteiger partial charge in [0.05, 0.1) is 26.1 Å². The smallest absolute Gasteiger partial charge is 0.256 e. The largest absolute Gasteiger partial charge is 0.306 e. The Balaban J connectivity index is 1.62. The van der Waals surface area contributed by atoms with E-state index in [-0.39, 0.29) is 10.7 Å². The summed E-state index contributed by atoms with van der Waals surface area (Å²) in [5.41, 5.74) is 1.60. The second kappa shape index (κ2) is 7.86. The van der Waals surface area contributed by atoms with Crippen molar-refractivity contribution in [1.29, 1.82) is 0 Å². The first-order chi connectivity index (χ1) is 14.6. The van der Waals surface area contributed by atoms with E-state index in [0.29, 0.717) is 32.4 Å².